The molecule has 0 aliphatic carbocycles. The number of hydrogen-bond donors (Lipinski definition) is 0. The van der Waals surface area contributed by atoms with Crippen molar-refractivity contribution in [3.8, 4) is 0 Å². The van der Waals surface area contributed by atoms with Crippen LogP contribution >= 0.6 is 0 Å². The molecule has 0 radical (unpaired) electrons. The first-order valence-corrected chi connectivity index (χ1v) is 6.23. The van der Waals surface area contributed by atoms with Crippen LogP contribution < -0.4 is 0 Å². The maximum atomic E-state index is 2.19. The molecule has 0 N–H and O–H groups in total. The zero-order valence-corrected chi connectivity index (χ0v) is 10.9. The molecule has 0 saturated heterocycles. The average Bonchev–Trinajstić information content (AvgIpc) is 2.41. The minimum atomic E-state index is 1.23. The lowest BCUT2D eigenvalue weighted by Gasteiger charge is -2.05. The summed E-state index contributed by atoms with van der Waals surface area (Å²) < 4.78 is 0. The van der Waals surface area contributed by atoms with Gasteiger partial charge in [-0.1, -0.05) is 78.4 Å². The Labute approximate surface area is 109 Å². The molecule has 0 saturated carbocycles. The summed E-state index contributed by atoms with van der Waals surface area (Å²) in [4.78, 5) is 0. The molecular formula is C18H18. The Bertz CT molecular complexity index is 541. The summed E-state index contributed by atoms with van der Waals surface area (Å²) in [6.45, 7) is 4.30. The number of allylic oxidation sites excluding steroid dienone is 3. The molecule has 2 aromatic rings. The lowest BCUT2D eigenvalue weighted by Crippen LogP contribution is -1.83. The van der Waals surface area contributed by atoms with E-state index in [4.69, 9.17) is 0 Å². The molecule has 0 heteroatoms. The minimum Gasteiger partial charge on any atom is -0.0686 e. The van der Waals surface area contributed by atoms with Crippen molar-refractivity contribution in [2.75, 3.05) is 0 Å². The molecule has 0 heterocycles. The van der Waals surface area contributed by atoms with Gasteiger partial charge in [0.15, 0.2) is 0 Å². The van der Waals surface area contributed by atoms with Crippen LogP contribution in [0.3, 0.4) is 0 Å². The van der Waals surface area contributed by atoms with E-state index in [0.29, 0.717) is 0 Å². The van der Waals surface area contributed by atoms with Crippen molar-refractivity contribution in [3.05, 3.63) is 83.4 Å². The molecule has 2 rings (SSSR count). The minimum absolute atomic E-state index is 1.23. The monoisotopic (exact) mass is 234 g/mol. The van der Waals surface area contributed by atoms with E-state index in [9.17, 15) is 0 Å². The molecule has 90 valence electrons. The van der Waals surface area contributed by atoms with Crippen molar-refractivity contribution in [3.63, 3.8) is 0 Å². The lowest BCUT2D eigenvalue weighted by molar-refractivity contribution is 1.39. The fourth-order valence-electron chi connectivity index (χ4n) is 1.91. The highest BCUT2D eigenvalue weighted by molar-refractivity contribution is 5.80. The Balaban J connectivity index is 2.30. The van der Waals surface area contributed by atoms with Gasteiger partial charge in [-0.25, -0.2) is 0 Å². The number of hydrogen-bond acceptors (Lipinski definition) is 0. The third-order valence-electron chi connectivity index (χ3n) is 2.87. The Morgan fingerprint density at radius 2 is 1.33 bits per heavy atom. The number of rotatable bonds is 3. The summed E-state index contributed by atoms with van der Waals surface area (Å²) in [6, 6.07) is 20.9. The molecule has 18 heavy (non-hydrogen) atoms. The number of benzene rings is 2. The molecule has 2 aromatic carbocycles. The molecule has 0 fully saturated rings. The van der Waals surface area contributed by atoms with Crippen LogP contribution in [0, 0.1) is 0 Å². The Hall–Kier alpha value is -2.08. The molecule has 0 amide bonds. The van der Waals surface area contributed by atoms with Gasteiger partial charge in [-0.2, -0.15) is 0 Å². The van der Waals surface area contributed by atoms with Crippen molar-refractivity contribution >= 4 is 11.6 Å². The maximum absolute atomic E-state index is 2.19. The van der Waals surface area contributed by atoms with Crippen LogP contribution in [-0.2, 0) is 0 Å². The van der Waals surface area contributed by atoms with E-state index in [1.807, 2.05) is 12.1 Å². The molecule has 0 bridgehead atoms. The standard InChI is InChI=1S/C18H18/c1-15(2)18(17-11-7-4-8-12-17)14-13-16-9-5-3-6-10-16/h3-14H,1-2H3. The van der Waals surface area contributed by atoms with Gasteiger partial charge in [0, 0.05) is 0 Å². The van der Waals surface area contributed by atoms with Crippen LogP contribution in [0.4, 0.5) is 0 Å². The van der Waals surface area contributed by atoms with Gasteiger partial charge >= 0.3 is 0 Å². The van der Waals surface area contributed by atoms with E-state index in [0.717, 1.165) is 0 Å². The van der Waals surface area contributed by atoms with Crippen molar-refractivity contribution in [2.24, 2.45) is 0 Å². The van der Waals surface area contributed by atoms with Crippen LogP contribution in [0.2, 0.25) is 0 Å². The van der Waals surface area contributed by atoms with Gasteiger partial charge in [-0.3, -0.25) is 0 Å². The molecule has 0 aliphatic rings. The Morgan fingerprint density at radius 3 is 1.89 bits per heavy atom. The second-order valence-electron chi connectivity index (χ2n) is 4.52. The van der Waals surface area contributed by atoms with Crippen molar-refractivity contribution in [1.82, 2.24) is 0 Å². The predicted molar refractivity (Wildman–Crippen MR) is 80.2 cm³/mol. The highest BCUT2D eigenvalue weighted by Crippen LogP contribution is 2.20. The first kappa shape index (κ1) is 12.4. The van der Waals surface area contributed by atoms with Crippen LogP contribution in [0.15, 0.2) is 72.3 Å². The van der Waals surface area contributed by atoms with Gasteiger partial charge in [0.1, 0.15) is 0 Å². The second-order valence-corrected chi connectivity index (χ2v) is 4.52. The molecular weight excluding hydrogens is 216 g/mol. The van der Waals surface area contributed by atoms with Crippen LogP contribution in [0.5, 0.6) is 0 Å². The van der Waals surface area contributed by atoms with Crippen molar-refractivity contribution in [1.29, 1.82) is 0 Å². The Kier molecular flexibility index (Phi) is 4.14. The van der Waals surface area contributed by atoms with Gasteiger partial charge in [-0.15, -0.1) is 0 Å². The molecule has 0 unspecified atom stereocenters. The summed E-state index contributed by atoms with van der Waals surface area (Å²) in [7, 11) is 0. The van der Waals surface area contributed by atoms with E-state index >= 15 is 0 Å². The predicted octanol–water partition coefficient (Wildman–Crippen LogP) is 5.19. The molecule has 0 atom stereocenters. The summed E-state index contributed by atoms with van der Waals surface area (Å²) >= 11 is 0. The lowest BCUT2D eigenvalue weighted by atomic mass is 10.0. The second kappa shape index (κ2) is 6.02. The molecule has 0 aliphatic heterocycles. The maximum Gasteiger partial charge on any atom is -0.0185 e. The van der Waals surface area contributed by atoms with Gasteiger partial charge in [0.2, 0.25) is 0 Å². The smallest absolute Gasteiger partial charge is 0.0185 e. The van der Waals surface area contributed by atoms with E-state index in [-0.39, 0.29) is 0 Å². The summed E-state index contributed by atoms with van der Waals surface area (Å²) in [5.74, 6) is 0. The zero-order valence-electron chi connectivity index (χ0n) is 10.9. The quantitative estimate of drug-likeness (QED) is 0.641. The summed E-state index contributed by atoms with van der Waals surface area (Å²) in [5.41, 5.74) is 5.12. The summed E-state index contributed by atoms with van der Waals surface area (Å²) in [5, 5.41) is 0. The van der Waals surface area contributed by atoms with Crippen molar-refractivity contribution < 1.29 is 0 Å². The normalized spacial score (nSPS) is 10.6. The van der Waals surface area contributed by atoms with Gasteiger partial charge in [0.05, 0.1) is 0 Å². The Morgan fingerprint density at radius 1 is 0.778 bits per heavy atom. The molecule has 0 spiro atoms. The van der Waals surface area contributed by atoms with E-state index < -0.39 is 0 Å². The fraction of sp³-hybridized carbons (Fsp3) is 0.111. The third kappa shape index (κ3) is 3.21. The van der Waals surface area contributed by atoms with E-state index in [1.165, 1.54) is 22.3 Å². The largest absolute Gasteiger partial charge is 0.0686 e. The zero-order chi connectivity index (χ0) is 12.8. The first-order chi connectivity index (χ1) is 8.77. The van der Waals surface area contributed by atoms with Gasteiger partial charge in [-0.05, 0) is 30.5 Å². The highest BCUT2D eigenvalue weighted by Gasteiger charge is 1.98. The SMILES string of the molecule is CC(C)=C(C=Cc1ccccc1)c1ccccc1. The van der Waals surface area contributed by atoms with E-state index in [1.54, 1.807) is 0 Å². The van der Waals surface area contributed by atoms with Gasteiger partial charge < -0.3 is 0 Å². The molecule has 0 aromatic heterocycles. The third-order valence-corrected chi connectivity index (χ3v) is 2.87. The summed E-state index contributed by atoms with van der Waals surface area (Å²) in [6.07, 6.45) is 4.36. The topological polar surface area (TPSA) is 0 Å². The van der Waals surface area contributed by atoms with Crippen LogP contribution in [-0.4, -0.2) is 0 Å². The highest BCUT2D eigenvalue weighted by atomic mass is 14.0. The average molecular weight is 234 g/mol. The van der Waals surface area contributed by atoms with Crippen LogP contribution in [0.1, 0.15) is 25.0 Å². The fourth-order valence-corrected chi connectivity index (χ4v) is 1.91. The molecule has 0 nitrogen and oxygen atoms in total. The van der Waals surface area contributed by atoms with Crippen LogP contribution in [0.25, 0.3) is 11.6 Å². The van der Waals surface area contributed by atoms with Gasteiger partial charge in [0.25, 0.3) is 0 Å². The van der Waals surface area contributed by atoms with Crippen molar-refractivity contribution in [2.45, 2.75) is 13.8 Å². The first-order valence-electron chi connectivity index (χ1n) is 6.23. The van der Waals surface area contributed by atoms with E-state index in [2.05, 4.69) is 74.5 Å².